The third-order valence-electron chi connectivity index (χ3n) is 2.98. The molecule has 0 aliphatic carbocycles. The molecule has 0 spiro atoms. The maximum atomic E-state index is 11.4. The molecule has 0 saturated carbocycles. The van der Waals surface area contributed by atoms with Gasteiger partial charge in [0.15, 0.2) is 5.82 Å². The van der Waals surface area contributed by atoms with Crippen LogP contribution in [0.2, 0.25) is 0 Å². The highest BCUT2D eigenvalue weighted by molar-refractivity contribution is 9.10. The number of aromatic amines is 1. The lowest BCUT2D eigenvalue weighted by molar-refractivity contribution is 0.414. The Balaban J connectivity index is 2.29. The van der Waals surface area contributed by atoms with E-state index < -0.39 is 5.69 Å². The van der Waals surface area contributed by atoms with Gasteiger partial charge >= 0.3 is 5.69 Å². The number of H-pyrrole nitrogens is 1. The van der Waals surface area contributed by atoms with Crippen LogP contribution in [-0.2, 0) is 5.41 Å². The lowest BCUT2D eigenvalue weighted by Gasteiger charge is -2.18. The first-order valence-corrected chi connectivity index (χ1v) is 7.70. The number of nitrogens with one attached hydrogen (secondary N) is 2. The number of ether oxygens (including phenoxy) is 1. The van der Waals surface area contributed by atoms with E-state index in [9.17, 15) is 4.79 Å². The largest absolute Gasteiger partial charge is 0.496 e. The highest BCUT2D eigenvalue weighted by Gasteiger charge is 2.21. The lowest BCUT2D eigenvalue weighted by Crippen LogP contribution is -2.24. The second kappa shape index (κ2) is 6.91. The molecule has 1 heterocycles. The number of halogens is 1. The second-order valence-electron chi connectivity index (χ2n) is 5.84. The zero-order valence-corrected chi connectivity index (χ0v) is 14.9. The van der Waals surface area contributed by atoms with E-state index in [1.54, 1.807) is 13.3 Å². The van der Waals surface area contributed by atoms with Gasteiger partial charge in [-0.05, 0) is 18.2 Å². The maximum Gasteiger partial charge on any atom is 0.363 e. The van der Waals surface area contributed by atoms with Crippen molar-refractivity contribution in [2.24, 2.45) is 5.10 Å². The summed E-state index contributed by atoms with van der Waals surface area (Å²) >= 11 is 3.40. The molecule has 1 aromatic heterocycles. The molecule has 0 amide bonds. The average molecular weight is 380 g/mol. The van der Waals surface area contributed by atoms with Crippen molar-refractivity contribution in [3.05, 3.63) is 44.4 Å². The normalized spacial score (nSPS) is 11.7. The van der Waals surface area contributed by atoms with Gasteiger partial charge in [-0.25, -0.2) is 9.89 Å². The number of hydrazone groups is 1. The molecule has 8 heteroatoms. The first kappa shape index (κ1) is 17.1. The van der Waals surface area contributed by atoms with Crippen molar-refractivity contribution in [2.75, 3.05) is 12.5 Å². The Kier molecular flexibility index (Phi) is 5.15. The minimum Gasteiger partial charge on any atom is -0.496 e. The predicted octanol–water partition coefficient (Wildman–Crippen LogP) is 2.68. The van der Waals surface area contributed by atoms with Crippen LogP contribution in [0.25, 0.3) is 0 Å². The van der Waals surface area contributed by atoms with Crippen molar-refractivity contribution in [2.45, 2.75) is 26.2 Å². The molecule has 0 bridgehead atoms. The van der Waals surface area contributed by atoms with Gasteiger partial charge in [0.05, 0.1) is 13.3 Å². The Morgan fingerprint density at radius 1 is 1.39 bits per heavy atom. The zero-order chi connectivity index (χ0) is 17.0. The van der Waals surface area contributed by atoms with Gasteiger partial charge in [0.2, 0.25) is 0 Å². The molecule has 7 nitrogen and oxygen atoms in total. The number of hydrogen-bond donors (Lipinski definition) is 2. The smallest absolute Gasteiger partial charge is 0.363 e. The average Bonchev–Trinajstić information content (AvgIpc) is 2.46. The predicted molar refractivity (Wildman–Crippen MR) is 93.3 cm³/mol. The van der Waals surface area contributed by atoms with E-state index in [2.05, 4.69) is 41.6 Å². The summed E-state index contributed by atoms with van der Waals surface area (Å²) in [5.41, 5.74) is 3.37. The minimum atomic E-state index is -0.532. The van der Waals surface area contributed by atoms with Crippen LogP contribution in [0.4, 0.5) is 5.82 Å². The molecule has 2 aromatic rings. The van der Waals surface area contributed by atoms with E-state index in [0.717, 1.165) is 10.0 Å². The van der Waals surface area contributed by atoms with Crippen molar-refractivity contribution < 1.29 is 4.74 Å². The molecule has 0 fully saturated rings. The Morgan fingerprint density at radius 3 is 2.78 bits per heavy atom. The number of methoxy groups -OCH3 is 1. The van der Waals surface area contributed by atoms with Crippen molar-refractivity contribution >= 4 is 28.0 Å². The molecule has 0 atom stereocenters. The molecule has 0 radical (unpaired) electrons. The highest BCUT2D eigenvalue weighted by atomic mass is 79.9. The number of nitrogens with zero attached hydrogens (tertiary/aromatic N) is 3. The van der Waals surface area contributed by atoms with E-state index in [1.165, 1.54) is 0 Å². The first-order chi connectivity index (χ1) is 10.8. The van der Waals surface area contributed by atoms with Crippen LogP contribution >= 0.6 is 15.9 Å². The van der Waals surface area contributed by atoms with Crippen LogP contribution in [0.3, 0.4) is 0 Å². The summed E-state index contributed by atoms with van der Waals surface area (Å²) in [6.45, 7) is 5.92. The fourth-order valence-corrected chi connectivity index (χ4v) is 2.28. The van der Waals surface area contributed by atoms with Crippen LogP contribution < -0.4 is 15.9 Å². The summed E-state index contributed by atoms with van der Waals surface area (Å²) in [7, 11) is 1.59. The Morgan fingerprint density at radius 2 is 2.13 bits per heavy atom. The number of hydrogen-bond acceptors (Lipinski definition) is 6. The van der Waals surface area contributed by atoms with Crippen LogP contribution in [0.15, 0.2) is 32.6 Å². The van der Waals surface area contributed by atoms with Crippen LogP contribution in [0.1, 0.15) is 32.0 Å². The summed E-state index contributed by atoms with van der Waals surface area (Å²) < 4.78 is 6.19. The monoisotopic (exact) mass is 379 g/mol. The zero-order valence-electron chi connectivity index (χ0n) is 13.3. The molecule has 2 N–H and O–H groups in total. The van der Waals surface area contributed by atoms with Crippen LogP contribution in [-0.4, -0.2) is 28.5 Å². The number of anilines is 1. The topological polar surface area (TPSA) is 92.3 Å². The van der Waals surface area contributed by atoms with E-state index >= 15 is 0 Å². The van der Waals surface area contributed by atoms with Gasteiger partial charge in [0, 0.05) is 15.5 Å². The molecule has 23 heavy (non-hydrogen) atoms. The first-order valence-electron chi connectivity index (χ1n) is 6.91. The molecule has 2 rings (SSSR count). The van der Waals surface area contributed by atoms with Gasteiger partial charge in [-0.2, -0.15) is 15.2 Å². The molecule has 0 unspecified atom stereocenters. The van der Waals surface area contributed by atoms with Crippen molar-refractivity contribution in [3.63, 3.8) is 0 Å². The van der Waals surface area contributed by atoms with Gasteiger partial charge in [-0.15, -0.1) is 0 Å². The van der Waals surface area contributed by atoms with E-state index in [0.29, 0.717) is 17.3 Å². The third-order valence-corrected chi connectivity index (χ3v) is 3.47. The van der Waals surface area contributed by atoms with Crippen molar-refractivity contribution in [1.29, 1.82) is 0 Å². The summed E-state index contributed by atoms with van der Waals surface area (Å²) in [4.78, 5) is 15.3. The van der Waals surface area contributed by atoms with E-state index in [4.69, 9.17) is 4.74 Å². The minimum absolute atomic E-state index is 0.289. The van der Waals surface area contributed by atoms with Crippen LogP contribution in [0.5, 0.6) is 5.75 Å². The molecular formula is C15H18BrN5O2. The standard InChI is InChI=1S/C15H18BrN5O2/c1-15(2,3)12-13(18-14(22)21-19-12)20-17-8-9-7-10(16)5-6-11(9)23-4/h5-8H,1-4H3,(H2,18,20,21,22)/b17-8+. The van der Waals surface area contributed by atoms with Gasteiger partial charge in [0.25, 0.3) is 0 Å². The number of benzene rings is 1. The molecule has 1 aromatic carbocycles. The SMILES string of the molecule is COc1ccc(Br)cc1/C=N/Nc1nc(=O)[nH]nc1C(C)(C)C. The van der Waals surface area contributed by atoms with E-state index in [1.807, 2.05) is 39.0 Å². The van der Waals surface area contributed by atoms with Gasteiger partial charge in [-0.3, -0.25) is 5.43 Å². The van der Waals surface area contributed by atoms with Crippen LogP contribution in [0, 0.1) is 0 Å². The van der Waals surface area contributed by atoms with Gasteiger partial charge in [0.1, 0.15) is 11.4 Å². The Bertz CT molecular complexity index is 780. The fourth-order valence-electron chi connectivity index (χ4n) is 1.91. The Labute approximate surface area is 142 Å². The summed E-state index contributed by atoms with van der Waals surface area (Å²) in [6.07, 6.45) is 1.60. The van der Waals surface area contributed by atoms with E-state index in [-0.39, 0.29) is 5.41 Å². The molecule has 0 aliphatic rings. The molecule has 0 saturated heterocycles. The number of rotatable bonds is 4. The Hall–Kier alpha value is -2.22. The lowest BCUT2D eigenvalue weighted by atomic mass is 9.92. The second-order valence-corrected chi connectivity index (χ2v) is 6.76. The summed E-state index contributed by atoms with van der Waals surface area (Å²) in [5.74, 6) is 1.01. The van der Waals surface area contributed by atoms with Gasteiger partial charge in [-0.1, -0.05) is 36.7 Å². The maximum absolute atomic E-state index is 11.4. The molecule has 0 aliphatic heterocycles. The number of aromatic nitrogens is 3. The fraction of sp³-hybridized carbons (Fsp3) is 0.333. The quantitative estimate of drug-likeness (QED) is 0.629. The molecular weight excluding hydrogens is 362 g/mol. The van der Waals surface area contributed by atoms with Gasteiger partial charge < -0.3 is 4.74 Å². The molecule has 122 valence electrons. The summed E-state index contributed by atoms with van der Waals surface area (Å²) in [6, 6.07) is 5.58. The summed E-state index contributed by atoms with van der Waals surface area (Å²) in [5, 5.41) is 10.5. The third kappa shape index (κ3) is 4.38. The highest BCUT2D eigenvalue weighted by Crippen LogP contribution is 2.24. The van der Waals surface area contributed by atoms with Crippen molar-refractivity contribution in [1.82, 2.24) is 15.2 Å². The van der Waals surface area contributed by atoms with Crippen molar-refractivity contribution in [3.8, 4) is 5.75 Å².